The highest BCUT2D eigenvalue weighted by Crippen LogP contribution is 2.37. The summed E-state index contributed by atoms with van der Waals surface area (Å²) in [4.78, 5) is 41.8. The number of hydrogen-bond acceptors (Lipinski definition) is 7. The normalized spacial score (nSPS) is 13.8. The lowest BCUT2D eigenvalue weighted by Crippen LogP contribution is -2.23. The summed E-state index contributed by atoms with van der Waals surface area (Å²) in [7, 11) is 1.34. The number of hydrogen-bond donors (Lipinski definition) is 1. The number of allylic oxidation sites excluding steroid dienone is 1. The van der Waals surface area contributed by atoms with Gasteiger partial charge in [0.2, 0.25) is 0 Å². The van der Waals surface area contributed by atoms with Crippen molar-refractivity contribution >= 4 is 45.8 Å². The van der Waals surface area contributed by atoms with Gasteiger partial charge in [-0.2, -0.15) is 0 Å². The van der Waals surface area contributed by atoms with Crippen LogP contribution in [0.25, 0.3) is 22.6 Å². The highest BCUT2D eigenvalue weighted by Gasteiger charge is 2.27. The minimum absolute atomic E-state index is 0.0592. The monoisotopic (exact) mass is 579 g/mol. The van der Waals surface area contributed by atoms with E-state index in [1.807, 2.05) is 24.3 Å². The van der Waals surface area contributed by atoms with Gasteiger partial charge in [-0.25, -0.2) is 9.78 Å². The lowest BCUT2D eigenvalue weighted by Gasteiger charge is -2.23. The van der Waals surface area contributed by atoms with E-state index in [1.54, 1.807) is 0 Å². The molecule has 0 atom stereocenters. The number of nitrogens with one attached hydrogen (secondary N) is 1. The molecule has 0 saturated heterocycles. The zero-order chi connectivity index (χ0) is 30.7. The number of aromatic nitrogens is 1. The minimum atomic E-state index is -0.614. The van der Waals surface area contributed by atoms with E-state index in [1.165, 1.54) is 30.9 Å². The van der Waals surface area contributed by atoms with E-state index < -0.39 is 23.4 Å². The number of rotatable bonds is 7. The van der Waals surface area contributed by atoms with Gasteiger partial charge < -0.3 is 14.8 Å². The Labute approximate surface area is 249 Å². The number of methoxy groups -OCH3 is 1. The molecular formula is C34H33N3O6. The number of carbonyl (C=O) groups is 2. The van der Waals surface area contributed by atoms with Crippen molar-refractivity contribution in [2.24, 2.45) is 0 Å². The first-order chi connectivity index (χ1) is 20.5. The number of nitrogens with zero attached hydrogens (tertiary/aromatic N) is 2. The number of anilines is 1. The fraction of sp³-hybridized carbons (Fsp3) is 0.265. The quantitative estimate of drug-likeness (QED) is 0.141. The van der Waals surface area contributed by atoms with Gasteiger partial charge in [-0.15, -0.1) is 0 Å². The lowest BCUT2D eigenvalue weighted by molar-refractivity contribution is -0.384. The predicted octanol–water partition coefficient (Wildman–Crippen LogP) is 7.12. The van der Waals surface area contributed by atoms with Gasteiger partial charge in [0.15, 0.2) is 6.61 Å². The molecule has 1 N–H and O–H groups in total. The highest BCUT2D eigenvalue weighted by atomic mass is 16.6. The molecule has 9 heteroatoms. The Morgan fingerprint density at radius 2 is 1.79 bits per heavy atom. The number of ether oxygens (including phenoxy) is 2. The summed E-state index contributed by atoms with van der Waals surface area (Å²) in [5.41, 5.74) is 6.15. The predicted molar refractivity (Wildman–Crippen MR) is 166 cm³/mol. The Hall–Kier alpha value is -5.05. The minimum Gasteiger partial charge on any atom is -0.494 e. The van der Waals surface area contributed by atoms with Gasteiger partial charge in [0.05, 0.1) is 40.6 Å². The fourth-order valence-corrected chi connectivity index (χ4v) is 5.27. The number of esters is 1. The summed E-state index contributed by atoms with van der Waals surface area (Å²) in [6.07, 6.45) is 4.46. The topological polar surface area (TPSA) is 121 Å². The van der Waals surface area contributed by atoms with Crippen LogP contribution in [0.2, 0.25) is 0 Å². The van der Waals surface area contributed by atoms with Gasteiger partial charge in [-0.3, -0.25) is 14.9 Å². The van der Waals surface area contributed by atoms with E-state index in [9.17, 15) is 19.7 Å². The molecule has 0 unspecified atom stereocenters. The number of carbonyl (C=O) groups excluding carboxylic acids is 2. The molecule has 1 aromatic heterocycles. The van der Waals surface area contributed by atoms with Crippen LogP contribution in [-0.4, -0.2) is 35.5 Å². The van der Waals surface area contributed by atoms with Crippen LogP contribution in [0.5, 0.6) is 5.75 Å². The molecule has 0 saturated carbocycles. The molecular weight excluding hydrogens is 546 g/mol. The molecule has 3 aromatic carbocycles. The summed E-state index contributed by atoms with van der Waals surface area (Å²) in [5.74, 6) is -1.10. The fourth-order valence-electron chi connectivity index (χ4n) is 5.27. The first-order valence-electron chi connectivity index (χ1n) is 14.1. The molecule has 1 heterocycles. The van der Waals surface area contributed by atoms with Gasteiger partial charge in [0, 0.05) is 11.5 Å². The average Bonchev–Trinajstić information content (AvgIpc) is 2.99. The second-order valence-electron chi connectivity index (χ2n) is 11.5. The number of benzene rings is 3. The Bertz CT molecular complexity index is 1750. The maximum absolute atomic E-state index is 13.6. The van der Waals surface area contributed by atoms with Gasteiger partial charge >= 0.3 is 5.97 Å². The molecule has 0 spiro atoms. The van der Waals surface area contributed by atoms with Crippen LogP contribution in [0.3, 0.4) is 0 Å². The summed E-state index contributed by atoms with van der Waals surface area (Å²) < 4.78 is 10.7. The number of nitro benzene ring substituents is 1. The molecule has 0 radical (unpaired) electrons. The van der Waals surface area contributed by atoms with E-state index in [2.05, 4.69) is 56.4 Å². The zero-order valence-electron chi connectivity index (χ0n) is 24.6. The van der Waals surface area contributed by atoms with Crippen LogP contribution in [0.15, 0.2) is 66.7 Å². The average molecular weight is 580 g/mol. The van der Waals surface area contributed by atoms with Crippen LogP contribution in [0.4, 0.5) is 11.4 Å². The molecule has 0 aliphatic heterocycles. The van der Waals surface area contributed by atoms with Crippen LogP contribution in [0, 0.1) is 10.1 Å². The van der Waals surface area contributed by atoms with Crippen molar-refractivity contribution in [1.82, 2.24) is 4.98 Å². The third-order valence-corrected chi connectivity index (χ3v) is 7.50. The van der Waals surface area contributed by atoms with E-state index in [-0.39, 0.29) is 22.5 Å². The van der Waals surface area contributed by atoms with E-state index in [4.69, 9.17) is 14.5 Å². The number of para-hydroxylation sites is 1. The second-order valence-corrected chi connectivity index (χ2v) is 11.5. The molecule has 0 fully saturated rings. The summed E-state index contributed by atoms with van der Waals surface area (Å²) in [6.45, 7) is 6.00. The van der Waals surface area contributed by atoms with Crippen LogP contribution in [0.1, 0.15) is 66.4 Å². The largest absolute Gasteiger partial charge is 0.494 e. The molecule has 0 bridgehead atoms. The van der Waals surface area contributed by atoms with Gasteiger partial charge in [0.1, 0.15) is 5.75 Å². The molecule has 1 amide bonds. The van der Waals surface area contributed by atoms with Crippen LogP contribution >= 0.6 is 0 Å². The van der Waals surface area contributed by atoms with Crippen molar-refractivity contribution in [2.45, 2.75) is 45.4 Å². The van der Waals surface area contributed by atoms with E-state index in [0.717, 1.165) is 35.2 Å². The Morgan fingerprint density at radius 3 is 2.49 bits per heavy atom. The molecule has 9 nitrogen and oxygen atoms in total. The Morgan fingerprint density at radius 1 is 1.05 bits per heavy atom. The number of pyridine rings is 1. The highest BCUT2D eigenvalue weighted by molar-refractivity contribution is 6.07. The molecule has 220 valence electrons. The SMILES string of the molecule is COc1cc([N+](=O)[O-])ccc1NC(=O)COC(=O)c1c2c(nc3ccccc13)/C(=C\c1ccc(C(C)(C)C)cc1)CCC2. The maximum atomic E-state index is 13.6. The van der Waals surface area contributed by atoms with Crippen molar-refractivity contribution in [3.8, 4) is 5.75 Å². The van der Waals surface area contributed by atoms with Crippen molar-refractivity contribution < 1.29 is 24.0 Å². The summed E-state index contributed by atoms with van der Waals surface area (Å²) >= 11 is 0. The summed E-state index contributed by atoms with van der Waals surface area (Å²) in [5, 5.41) is 14.3. The van der Waals surface area contributed by atoms with E-state index in [0.29, 0.717) is 22.9 Å². The van der Waals surface area contributed by atoms with Gasteiger partial charge in [-0.05, 0) is 65.1 Å². The number of amides is 1. The van der Waals surface area contributed by atoms with Crippen molar-refractivity contribution in [1.29, 1.82) is 0 Å². The number of fused-ring (bicyclic) bond motifs is 2. The van der Waals surface area contributed by atoms with E-state index >= 15 is 0 Å². The van der Waals surface area contributed by atoms with Crippen molar-refractivity contribution in [3.05, 3.63) is 105 Å². The van der Waals surface area contributed by atoms with Gasteiger partial charge in [-0.1, -0.05) is 63.2 Å². The third-order valence-electron chi connectivity index (χ3n) is 7.50. The van der Waals surface area contributed by atoms with Crippen molar-refractivity contribution in [3.63, 3.8) is 0 Å². The maximum Gasteiger partial charge on any atom is 0.339 e. The molecule has 5 rings (SSSR count). The lowest BCUT2D eigenvalue weighted by atomic mass is 9.85. The smallest absolute Gasteiger partial charge is 0.339 e. The van der Waals surface area contributed by atoms with Gasteiger partial charge in [0.25, 0.3) is 11.6 Å². The Kier molecular flexibility index (Phi) is 8.25. The van der Waals surface area contributed by atoms with Crippen LogP contribution < -0.4 is 10.1 Å². The number of nitro groups is 1. The molecule has 43 heavy (non-hydrogen) atoms. The van der Waals surface area contributed by atoms with Crippen molar-refractivity contribution in [2.75, 3.05) is 19.0 Å². The standard InChI is InChI=1S/C34H33N3O6/c1-34(2,3)23-14-12-21(13-15-23)18-22-8-7-10-26-31(25-9-5-6-11-27(25)36-32(22)26)33(39)43-20-30(38)35-28-17-16-24(37(40)41)19-29(28)42-4/h5-6,9,11-19H,7-8,10,20H2,1-4H3,(H,35,38)/b22-18-. The third kappa shape index (κ3) is 6.40. The molecule has 1 aliphatic carbocycles. The summed E-state index contributed by atoms with van der Waals surface area (Å²) in [6, 6.07) is 19.8. The first kappa shape index (κ1) is 29.4. The molecule has 4 aromatic rings. The number of non-ortho nitro benzene ring substituents is 1. The molecule has 1 aliphatic rings. The zero-order valence-corrected chi connectivity index (χ0v) is 24.6. The second kappa shape index (κ2) is 12.1. The van der Waals surface area contributed by atoms with Crippen LogP contribution in [-0.2, 0) is 21.4 Å². The first-order valence-corrected chi connectivity index (χ1v) is 14.1. The Balaban J connectivity index is 1.42.